The maximum atomic E-state index is 12.9. The van der Waals surface area contributed by atoms with E-state index in [-0.39, 0.29) is 17.7 Å². The van der Waals surface area contributed by atoms with Crippen LogP contribution in [0.5, 0.6) is 0 Å². The second-order valence-electron chi connectivity index (χ2n) is 6.93. The topological polar surface area (TPSA) is 78.1 Å². The van der Waals surface area contributed by atoms with Crippen LogP contribution in [0.25, 0.3) is 10.9 Å². The van der Waals surface area contributed by atoms with Gasteiger partial charge < -0.3 is 15.2 Å². The molecule has 2 aromatic heterocycles. The third kappa shape index (κ3) is 3.84. The Labute approximate surface area is 157 Å². The van der Waals surface area contributed by atoms with Gasteiger partial charge in [0, 0.05) is 42.9 Å². The van der Waals surface area contributed by atoms with E-state index in [1.54, 1.807) is 17.3 Å². The molecule has 4 rings (SSSR count). The zero-order valence-corrected chi connectivity index (χ0v) is 15.0. The number of carbonyl (C=O) groups is 2. The number of rotatable bonds is 4. The first-order valence-electron chi connectivity index (χ1n) is 9.24. The van der Waals surface area contributed by atoms with Crippen molar-refractivity contribution in [3.63, 3.8) is 0 Å². The first kappa shape index (κ1) is 17.3. The first-order valence-corrected chi connectivity index (χ1v) is 9.24. The van der Waals surface area contributed by atoms with Crippen LogP contribution in [-0.4, -0.2) is 39.8 Å². The van der Waals surface area contributed by atoms with Crippen LogP contribution in [0.1, 0.15) is 28.9 Å². The Morgan fingerprint density at radius 3 is 2.81 bits per heavy atom. The Hall–Kier alpha value is -3.15. The molecule has 2 N–H and O–H groups in total. The van der Waals surface area contributed by atoms with Gasteiger partial charge in [0.05, 0.1) is 5.92 Å². The maximum Gasteiger partial charge on any atom is 0.270 e. The number of fused-ring (bicyclic) bond motifs is 1. The summed E-state index contributed by atoms with van der Waals surface area (Å²) in [4.78, 5) is 34.4. The molecule has 1 saturated heterocycles. The fraction of sp³-hybridized carbons (Fsp3) is 0.286. The Morgan fingerprint density at radius 1 is 1.19 bits per heavy atom. The van der Waals surface area contributed by atoms with Gasteiger partial charge in [0.25, 0.3) is 5.91 Å². The number of carbonyl (C=O) groups excluding carboxylic acids is 2. The van der Waals surface area contributed by atoms with Crippen molar-refractivity contribution in [1.29, 1.82) is 0 Å². The highest BCUT2D eigenvalue weighted by atomic mass is 16.2. The van der Waals surface area contributed by atoms with Crippen LogP contribution in [0.15, 0.2) is 54.9 Å². The maximum absolute atomic E-state index is 12.9. The fourth-order valence-electron chi connectivity index (χ4n) is 3.57. The minimum atomic E-state index is -0.172. The van der Waals surface area contributed by atoms with Gasteiger partial charge in [0.2, 0.25) is 5.91 Å². The summed E-state index contributed by atoms with van der Waals surface area (Å²) in [5.41, 5.74) is 2.54. The number of hydrogen-bond acceptors (Lipinski definition) is 3. The molecule has 1 atom stereocenters. The quantitative estimate of drug-likeness (QED) is 0.749. The molecule has 3 aromatic rings. The molecule has 0 saturated carbocycles. The van der Waals surface area contributed by atoms with E-state index in [9.17, 15) is 9.59 Å². The van der Waals surface area contributed by atoms with E-state index < -0.39 is 0 Å². The van der Waals surface area contributed by atoms with Crippen LogP contribution >= 0.6 is 0 Å². The number of H-pyrrole nitrogens is 1. The van der Waals surface area contributed by atoms with Crippen LogP contribution in [-0.2, 0) is 11.3 Å². The Morgan fingerprint density at radius 2 is 2.00 bits per heavy atom. The smallest absolute Gasteiger partial charge is 0.270 e. The third-order valence-electron chi connectivity index (χ3n) is 5.06. The zero-order valence-electron chi connectivity index (χ0n) is 15.0. The number of aromatic amines is 1. The average Bonchev–Trinajstić information content (AvgIpc) is 3.16. The molecule has 1 fully saturated rings. The number of benzene rings is 1. The molecule has 6 nitrogen and oxygen atoms in total. The number of aromatic nitrogens is 2. The lowest BCUT2D eigenvalue weighted by molar-refractivity contribution is -0.126. The molecule has 1 aliphatic heterocycles. The molecular formula is C21H22N4O2. The lowest BCUT2D eigenvalue weighted by Crippen LogP contribution is -2.45. The molecule has 6 heteroatoms. The largest absolute Gasteiger partial charge is 0.352 e. The van der Waals surface area contributed by atoms with E-state index in [1.165, 1.54) is 0 Å². The summed E-state index contributed by atoms with van der Waals surface area (Å²) in [7, 11) is 0. The number of pyridine rings is 1. The van der Waals surface area contributed by atoms with Gasteiger partial charge in [-0.1, -0.05) is 18.2 Å². The number of nitrogens with one attached hydrogen (secondary N) is 2. The van der Waals surface area contributed by atoms with Gasteiger partial charge in [-0.25, -0.2) is 0 Å². The van der Waals surface area contributed by atoms with Crippen LogP contribution in [0.2, 0.25) is 0 Å². The van der Waals surface area contributed by atoms with Crippen molar-refractivity contribution in [2.45, 2.75) is 19.4 Å². The van der Waals surface area contributed by atoms with Crippen molar-refractivity contribution in [1.82, 2.24) is 20.2 Å². The molecule has 0 radical (unpaired) electrons. The average molecular weight is 362 g/mol. The molecule has 0 spiro atoms. The normalized spacial score (nSPS) is 17.0. The molecule has 1 aliphatic rings. The molecule has 138 valence electrons. The van der Waals surface area contributed by atoms with Gasteiger partial charge in [0.1, 0.15) is 5.69 Å². The molecule has 0 aliphatic carbocycles. The monoisotopic (exact) mass is 362 g/mol. The molecule has 27 heavy (non-hydrogen) atoms. The van der Waals surface area contributed by atoms with E-state index in [0.29, 0.717) is 25.3 Å². The predicted molar refractivity (Wildman–Crippen MR) is 103 cm³/mol. The first-order chi connectivity index (χ1) is 13.2. The SMILES string of the molecule is O=C(NCc1ccncc1)[C@H]1CCCN(C(=O)c2cc3ccccc3[nH]2)C1. The second kappa shape index (κ2) is 7.61. The zero-order chi connectivity index (χ0) is 18.6. The summed E-state index contributed by atoms with van der Waals surface area (Å²) in [5, 5.41) is 3.99. The van der Waals surface area contributed by atoms with Crippen LogP contribution in [0.3, 0.4) is 0 Å². The molecule has 2 amide bonds. The molecular weight excluding hydrogens is 340 g/mol. The molecule has 1 aromatic carbocycles. The highest BCUT2D eigenvalue weighted by Gasteiger charge is 2.29. The molecule has 0 unspecified atom stereocenters. The van der Waals surface area contributed by atoms with Crippen molar-refractivity contribution < 1.29 is 9.59 Å². The number of nitrogens with zero attached hydrogens (tertiary/aromatic N) is 2. The standard InChI is InChI=1S/C21H22N4O2/c26-20(23-13-15-7-9-22-10-8-15)17-5-3-11-25(14-17)21(27)19-12-16-4-1-2-6-18(16)24-19/h1-2,4,6-10,12,17,24H,3,5,11,13-14H2,(H,23,26)/t17-/m0/s1. The molecule has 0 bridgehead atoms. The van der Waals surface area contributed by atoms with Crippen molar-refractivity contribution >= 4 is 22.7 Å². The minimum absolute atomic E-state index is 0.000888. The lowest BCUT2D eigenvalue weighted by Gasteiger charge is -2.31. The molecule has 3 heterocycles. The third-order valence-corrected chi connectivity index (χ3v) is 5.06. The summed E-state index contributed by atoms with van der Waals surface area (Å²) in [6.07, 6.45) is 5.06. The van der Waals surface area contributed by atoms with Gasteiger partial charge in [-0.2, -0.15) is 0 Å². The summed E-state index contributed by atoms with van der Waals surface area (Å²) >= 11 is 0. The summed E-state index contributed by atoms with van der Waals surface area (Å²) in [5.74, 6) is -0.215. The van der Waals surface area contributed by atoms with E-state index >= 15 is 0 Å². The fourth-order valence-corrected chi connectivity index (χ4v) is 3.57. The van der Waals surface area contributed by atoms with Gasteiger partial charge in [-0.3, -0.25) is 14.6 Å². The number of hydrogen-bond donors (Lipinski definition) is 2. The van der Waals surface area contributed by atoms with Gasteiger partial charge in [-0.15, -0.1) is 0 Å². The van der Waals surface area contributed by atoms with E-state index in [2.05, 4.69) is 15.3 Å². The Kier molecular flexibility index (Phi) is 4.87. The number of para-hydroxylation sites is 1. The van der Waals surface area contributed by atoms with E-state index in [1.807, 2.05) is 42.5 Å². The second-order valence-corrected chi connectivity index (χ2v) is 6.93. The van der Waals surface area contributed by atoms with Gasteiger partial charge >= 0.3 is 0 Å². The predicted octanol–water partition coefficient (Wildman–Crippen LogP) is 2.73. The summed E-state index contributed by atoms with van der Waals surface area (Å²) < 4.78 is 0. The van der Waals surface area contributed by atoms with E-state index in [0.717, 1.165) is 29.3 Å². The van der Waals surface area contributed by atoms with Crippen molar-refractivity contribution in [3.8, 4) is 0 Å². The van der Waals surface area contributed by atoms with Crippen LogP contribution < -0.4 is 5.32 Å². The Bertz CT molecular complexity index is 918. The van der Waals surface area contributed by atoms with Crippen molar-refractivity contribution in [2.75, 3.05) is 13.1 Å². The van der Waals surface area contributed by atoms with Crippen molar-refractivity contribution in [3.05, 3.63) is 66.1 Å². The number of likely N-dealkylation sites (tertiary alicyclic amines) is 1. The van der Waals surface area contributed by atoms with Crippen molar-refractivity contribution in [2.24, 2.45) is 5.92 Å². The highest BCUT2D eigenvalue weighted by molar-refractivity contribution is 5.98. The summed E-state index contributed by atoms with van der Waals surface area (Å²) in [6, 6.07) is 13.5. The van der Waals surface area contributed by atoms with Crippen LogP contribution in [0.4, 0.5) is 0 Å². The summed E-state index contributed by atoms with van der Waals surface area (Å²) in [6.45, 7) is 1.62. The lowest BCUT2D eigenvalue weighted by atomic mass is 9.96. The number of amides is 2. The Balaban J connectivity index is 1.39. The van der Waals surface area contributed by atoms with E-state index in [4.69, 9.17) is 0 Å². The highest BCUT2D eigenvalue weighted by Crippen LogP contribution is 2.21. The van der Waals surface area contributed by atoms with Gasteiger partial charge in [0.15, 0.2) is 0 Å². The van der Waals surface area contributed by atoms with Gasteiger partial charge in [-0.05, 0) is 42.7 Å². The minimum Gasteiger partial charge on any atom is -0.352 e. The number of piperidine rings is 1. The van der Waals surface area contributed by atoms with Crippen LogP contribution in [0, 0.1) is 5.92 Å².